The molecule has 1 saturated heterocycles. The normalized spacial score (nSPS) is 19.7. The van der Waals surface area contributed by atoms with Crippen molar-refractivity contribution < 1.29 is 4.74 Å². The first-order chi connectivity index (χ1) is 7.81. The largest absolute Gasteiger partial charge is 0.492 e. The molecule has 1 heterocycles. The third-order valence-electron chi connectivity index (χ3n) is 2.66. The lowest BCUT2D eigenvalue weighted by Crippen LogP contribution is -2.19. The van der Waals surface area contributed by atoms with E-state index >= 15 is 0 Å². The van der Waals surface area contributed by atoms with Gasteiger partial charge in [0, 0.05) is 11.8 Å². The van der Waals surface area contributed by atoms with Gasteiger partial charge in [0.25, 0.3) is 0 Å². The number of nitrogens with two attached hydrogens (primary N) is 1. The van der Waals surface area contributed by atoms with Gasteiger partial charge >= 0.3 is 0 Å². The summed E-state index contributed by atoms with van der Waals surface area (Å²) >= 11 is 1.99. The van der Waals surface area contributed by atoms with Gasteiger partial charge in [-0.2, -0.15) is 11.8 Å². The monoisotopic (exact) mass is 238 g/mol. The summed E-state index contributed by atoms with van der Waals surface area (Å²) in [7, 11) is 0. The van der Waals surface area contributed by atoms with Crippen LogP contribution in [0.25, 0.3) is 0 Å². The topological polar surface area (TPSA) is 47.3 Å². The third-order valence-corrected chi connectivity index (χ3v) is 3.82. The van der Waals surface area contributed by atoms with Gasteiger partial charge in [0.1, 0.15) is 5.75 Å². The number of rotatable bonds is 4. The van der Waals surface area contributed by atoms with Crippen molar-refractivity contribution in [2.45, 2.75) is 19.4 Å². The molecule has 1 aliphatic heterocycles. The van der Waals surface area contributed by atoms with Crippen LogP contribution in [0, 0.1) is 0 Å². The van der Waals surface area contributed by atoms with Crippen LogP contribution < -0.4 is 15.8 Å². The predicted octanol–water partition coefficient (Wildman–Crippen LogP) is 2.58. The molecular weight excluding hydrogens is 220 g/mol. The summed E-state index contributed by atoms with van der Waals surface area (Å²) in [4.78, 5) is 0. The van der Waals surface area contributed by atoms with E-state index in [0.29, 0.717) is 12.6 Å². The zero-order chi connectivity index (χ0) is 11.4. The minimum absolute atomic E-state index is 0.546. The van der Waals surface area contributed by atoms with Gasteiger partial charge in [-0.15, -0.1) is 0 Å². The number of ether oxygens (including phenoxy) is 1. The standard InChI is InChI=1S/C12H18N2OS/c1-2-15-11-5-3-4-10(12(11)13)14-9-6-7-16-8-9/h3-5,9,14H,2,6-8,13H2,1H3. The summed E-state index contributed by atoms with van der Waals surface area (Å²) in [6.07, 6.45) is 1.21. The molecule has 0 spiro atoms. The summed E-state index contributed by atoms with van der Waals surface area (Å²) in [5.41, 5.74) is 7.78. The molecule has 0 amide bonds. The Labute approximate surface area is 101 Å². The molecule has 1 aromatic rings. The first-order valence-electron chi connectivity index (χ1n) is 5.67. The lowest BCUT2D eigenvalue weighted by molar-refractivity contribution is 0.342. The number of para-hydroxylation sites is 1. The van der Waals surface area contributed by atoms with Crippen molar-refractivity contribution >= 4 is 23.1 Å². The van der Waals surface area contributed by atoms with Gasteiger partial charge in [-0.1, -0.05) is 6.07 Å². The molecule has 1 aliphatic rings. The summed E-state index contributed by atoms with van der Waals surface area (Å²) in [5, 5.41) is 3.48. The molecule has 4 heteroatoms. The van der Waals surface area contributed by atoms with Crippen LogP contribution in [0.5, 0.6) is 5.75 Å². The van der Waals surface area contributed by atoms with Gasteiger partial charge in [0.2, 0.25) is 0 Å². The summed E-state index contributed by atoms with van der Waals surface area (Å²) in [6, 6.07) is 6.45. The SMILES string of the molecule is CCOc1cccc(NC2CCSC2)c1N. The van der Waals surface area contributed by atoms with Gasteiger partial charge in [-0.3, -0.25) is 0 Å². The van der Waals surface area contributed by atoms with Gasteiger partial charge in [-0.05, 0) is 31.2 Å². The first-order valence-corrected chi connectivity index (χ1v) is 6.82. The molecule has 1 aromatic carbocycles. The number of thioether (sulfide) groups is 1. The highest BCUT2D eigenvalue weighted by Crippen LogP contribution is 2.31. The Bertz CT molecular complexity index is 351. The van der Waals surface area contributed by atoms with E-state index in [-0.39, 0.29) is 0 Å². The Morgan fingerprint density at radius 3 is 3.12 bits per heavy atom. The number of nitrogens with one attached hydrogen (secondary N) is 1. The highest BCUT2D eigenvalue weighted by molar-refractivity contribution is 7.99. The van der Waals surface area contributed by atoms with Crippen LogP contribution in [-0.4, -0.2) is 24.2 Å². The van der Waals surface area contributed by atoms with Gasteiger partial charge < -0.3 is 15.8 Å². The van der Waals surface area contributed by atoms with Crippen LogP contribution in [0.2, 0.25) is 0 Å². The van der Waals surface area contributed by atoms with Crippen molar-refractivity contribution in [1.29, 1.82) is 0 Å². The quantitative estimate of drug-likeness (QED) is 0.792. The molecule has 0 bridgehead atoms. The number of benzene rings is 1. The van der Waals surface area contributed by atoms with Crippen LogP contribution in [0.4, 0.5) is 11.4 Å². The molecule has 88 valence electrons. The van der Waals surface area contributed by atoms with Crippen LogP contribution in [-0.2, 0) is 0 Å². The molecule has 0 aliphatic carbocycles. The zero-order valence-electron chi connectivity index (χ0n) is 9.53. The maximum absolute atomic E-state index is 6.05. The molecule has 0 radical (unpaired) electrons. The van der Waals surface area contributed by atoms with E-state index in [1.807, 2.05) is 36.9 Å². The van der Waals surface area contributed by atoms with E-state index in [2.05, 4.69) is 5.32 Å². The van der Waals surface area contributed by atoms with Gasteiger partial charge in [-0.25, -0.2) is 0 Å². The first kappa shape index (κ1) is 11.5. The molecular formula is C12H18N2OS. The van der Waals surface area contributed by atoms with Crippen molar-refractivity contribution in [2.75, 3.05) is 29.2 Å². The Morgan fingerprint density at radius 2 is 2.44 bits per heavy atom. The fraction of sp³-hybridized carbons (Fsp3) is 0.500. The lowest BCUT2D eigenvalue weighted by atomic mass is 10.2. The third kappa shape index (κ3) is 2.55. The van der Waals surface area contributed by atoms with E-state index in [1.165, 1.54) is 12.2 Å². The Hall–Kier alpha value is -1.03. The average Bonchev–Trinajstić information content (AvgIpc) is 2.77. The minimum Gasteiger partial charge on any atom is -0.492 e. The number of nitrogen functional groups attached to an aromatic ring is 1. The van der Waals surface area contributed by atoms with Crippen molar-refractivity contribution in [3.8, 4) is 5.75 Å². The van der Waals surface area contributed by atoms with Crippen molar-refractivity contribution in [2.24, 2.45) is 0 Å². The van der Waals surface area contributed by atoms with Crippen molar-refractivity contribution in [3.63, 3.8) is 0 Å². The van der Waals surface area contributed by atoms with Crippen LogP contribution in [0.3, 0.4) is 0 Å². The highest BCUT2D eigenvalue weighted by atomic mass is 32.2. The van der Waals surface area contributed by atoms with E-state index in [4.69, 9.17) is 10.5 Å². The maximum Gasteiger partial charge on any atom is 0.144 e. The molecule has 3 nitrogen and oxygen atoms in total. The molecule has 0 saturated carbocycles. The van der Waals surface area contributed by atoms with E-state index in [1.54, 1.807) is 0 Å². The van der Waals surface area contributed by atoms with Crippen LogP contribution in [0.1, 0.15) is 13.3 Å². The molecule has 16 heavy (non-hydrogen) atoms. The lowest BCUT2D eigenvalue weighted by Gasteiger charge is -2.16. The average molecular weight is 238 g/mol. The molecule has 1 unspecified atom stereocenters. The Morgan fingerprint density at radius 1 is 1.56 bits per heavy atom. The Kier molecular flexibility index (Phi) is 3.83. The second-order valence-corrected chi connectivity index (χ2v) is 5.01. The number of hydrogen-bond acceptors (Lipinski definition) is 4. The summed E-state index contributed by atoms with van der Waals surface area (Å²) in [5.74, 6) is 3.18. The molecule has 1 atom stereocenters. The van der Waals surface area contributed by atoms with E-state index in [0.717, 1.165) is 22.9 Å². The van der Waals surface area contributed by atoms with Crippen molar-refractivity contribution in [1.82, 2.24) is 0 Å². The fourth-order valence-corrected chi connectivity index (χ4v) is 2.97. The van der Waals surface area contributed by atoms with E-state index in [9.17, 15) is 0 Å². The van der Waals surface area contributed by atoms with Crippen LogP contribution >= 0.6 is 11.8 Å². The molecule has 2 rings (SSSR count). The minimum atomic E-state index is 0.546. The number of hydrogen-bond donors (Lipinski definition) is 2. The second-order valence-electron chi connectivity index (χ2n) is 3.86. The van der Waals surface area contributed by atoms with Crippen LogP contribution in [0.15, 0.2) is 18.2 Å². The predicted molar refractivity (Wildman–Crippen MR) is 71.4 cm³/mol. The smallest absolute Gasteiger partial charge is 0.144 e. The molecule has 3 N–H and O–H groups in total. The molecule has 1 fully saturated rings. The number of anilines is 2. The maximum atomic E-state index is 6.05. The summed E-state index contributed by atoms with van der Waals surface area (Å²) in [6.45, 7) is 2.61. The van der Waals surface area contributed by atoms with Gasteiger partial charge in [0.15, 0.2) is 0 Å². The van der Waals surface area contributed by atoms with Crippen molar-refractivity contribution in [3.05, 3.63) is 18.2 Å². The highest BCUT2D eigenvalue weighted by Gasteiger charge is 2.16. The second kappa shape index (κ2) is 5.34. The fourth-order valence-electron chi connectivity index (χ4n) is 1.82. The van der Waals surface area contributed by atoms with Gasteiger partial charge in [0.05, 0.1) is 18.0 Å². The summed E-state index contributed by atoms with van der Waals surface area (Å²) < 4.78 is 5.47. The zero-order valence-corrected chi connectivity index (χ0v) is 10.3. The molecule has 0 aromatic heterocycles. The Balaban J connectivity index is 2.10. The van der Waals surface area contributed by atoms with E-state index < -0.39 is 0 Å².